The first kappa shape index (κ1) is 15.4. The van der Waals surface area contributed by atoms with Gasteiger partial charge in [-0.2, -0.15) is 0 Å². The third kappa shape index (κ3) is 2.77. The van der Waals surface area contributed by atoms with Crippen molar-refractivity contribution in [2.45, 2.75) is 19.9 Å². The fourth-order valence-corrected chi connectivity index (χ4v) is 3.33. The van der Waals surface area contributed by atoms with Crippen molar-refractivity contribution in [2.75, 3.05) is 6.61 Å². The molecule has 0 aliphatic carbocycles. The molecular weight excluding hydrogens is 312 g/mol. The smallest absolute Gasteiger partial charge is 0.328 e. The Morgan fingerprint density at radius 1 is 1.35 bits per heavy atom. The number of esters is 1. The zero-order chi connectivity index (χ0) is 16.4. The first-order chi connectivity index (χ1) is 11.1. The van der Waals surface area contributed by atoms with Gasteiger partial charge in [0.05, 0.1) is 18.3 Å². The summed E-state index contributed by atoms with van der Waals surface area (Å²) < 4.78 is 6.33. The number of aromatic nitrogens is 2. The molecule has 0 fully saturated rings. The molecule has 0 saturated heterocycles. The highest BCUT2D eigenvalue weighted by Gasteiger charge is 2.20. The second-order valence-corrected chi connectivity index (χ2v) is 5.94. The van der Waals surface area contributed by atoms with Crippen molar-refractivity contribution in [3.63, 3.8) is 0 Å². The molecule has 3 aromatic rings. The molecule has 6 heteroatoms. The average Bonchev–Trinajstić information content (AvgIpc) is 3.00. The molecule has 1 atom stereocenters. The molecule has 0 amide bonds. The quantitative estimate of drug-likeness (QED) is 0.690. The monoisotopic (exact) mass is 328 g/mol. The van der Waals surface area contributed by atoms with Crippen LogP contribution in [-0.4, -0.2) is 22.1 Å². The van der Waals surface area contributed by atoms with Gasteiger partial charge in [0.15, 0.2) is 0 Å². The largest absolute Gasteiger partial charge is 0.464 e. The van der Waals surface area contributed by atoms with Crippen LogP contribution in [0.15, 0.2) is 46.8 Å². The first-order valence-corrected chi connectivity index (χ1v) is 8.21. The van der Waals surface area contributed by atoms with Gasteiger partial charge in [0.2, 0.25) is 0 Å². The maximum absolute atomic E-state index is 12.9. The molecule has 0 saturated carbocycles. The molecule has 3 rings (SSSR count). The van der Waals surface area contributed by atoms with Crippen LogP contribution in [0.1, 0.15) is 19.9 Å². The summed E-state index contributed by atoms with van der Waals surface area (Å²) in [5.74, 6) is -0.438. The number of fused-ring (bicyclic) bond motifs is 1. The van der Waals surface area contributed by atoms with Crippen molar-refractivity contribution in [1.82, 2.24) is 9.55 Å². The van der Waals surface area contributed by atoms with Crippen LogP contribution in [-0.2, 0) is 9.53 Å². The van der Waals surface area contributed by atoms with Crippen LogP contribution in [0.4, 0.5) is 0 Å². The Balaban J connectivity index is 2.15. The highest BCUT2D eigenvalue weighted by Crippen LogP contribution is 2.30. The van der Waals surface area contributed by atoms with E-state index in [2.05, 4.69) is 4.98 Å². The second kappa shape index (κ2) is 6.34. The van der Waals surface area contributed by atoms with Crippen LogP contribution < -0.4 is 5.56 Å². The van der Waals surface area contributed by atoms with Gasteiger partial charge >= 0.3 is 5.97 Å². The summed E-state index contributed by atoms with van der Waals surface area (Å²) in [5, 5.41) is 2.47. The fraction of sp³-hybridized carbons (Fsp3) is 0.235. The summed E-state index contributed by atoms with van der Waals surface area (Å²) >= 11 is 1.42. The lowest BCUT2D eigenvalue weighted by atomic mass is 10.1. The zero-order valence-electron chi connectivity index (χ0n) is 12.9. The molecule has 2 aromatic heterocycles. The Morgan fingerprint density at radius 2 is 2.09 bits per heavy atom. The van der Waals surface area contributed by atoms with Crippen molar-refractivity contribution in [3.8, 4) is 11.1 Å². The number of thiophene rings is 1. The molecule has 0 aliphatic rings. The van der Waals surface area contributed by atoms with Gasteiger partial charge in [-0.25, -0.2) is 9.78 Å². The molecule has 0 unspecified atom stereocenters. The van der Waals surface area contributed by atoms with Gasteiger partial charge in [0, 0.05) is 10.9 Å². The average molecular weight is 328 g/mol. The van der Waals surface area contributed by atoms with E-state index in [1.807, 2.05) is 35.7 Å². The minimum atomic E-state index is -0.706. The minimum Gasteiger partial charge on any atom is -0.464 e. The van der Waals surface area contributed by atoms with Crippen molar-refractivity contribution < 1.29 is 9.53 Å². The summed E-state index contributed by atoms with van der Waals surface area (Å²) in [6, 6.07) is 8.98. The van der Waals surface area contributed by atoms with E-state index < -0.39 is 12.0 Å². The number of benzene rings is 1. The summed E-state index contributed by atoms with van der Waals surface area (Å²) in [5.41, 5.74) is 1.57. The van der Waals surface area contributed by atoms with Crippen LogP contribution in [0.5, 0.6) is 0 Å². The van der Waals surface area contributed by atoms with E-state index in [9.17, 15) is 9.59 Å². The Kier molecular flexibility index (Phi) is 4.25. The minimum absolute atomic E-state index is 0.226. The van der Waals surface area contributed by atoms with Gasteiger partial charge in [-0.1, -0.05) is 30.3 Å². The van der Waals surface area contributed by atoms with E-state index in [0.29, 0.717) is 10.2 Å². The molecule has 5 nitrogen and oxygen atoms in total. The van der Waals surface area contributed by atoms with Gasteiger partial charge in [0.1, 0.15) is 10.9 Å². The van der Waals surface area contributed by atoms with E-state index in [-0.39, 0.29) is 12.2 Å². The standard InChI is InChI=1S/C17H16N2O3S/c1-3-22-17(21)11(2)19-10-18-15-14(16(19)20)13(9-23-15)12-7-5-4-6-8-12/h4-11H,3H2,1-2H3/t11-/m1/s1. The lowest BCUT2D eigenvalue weighted by Crippen LogP contribution is -2.29. The Bertz CT molecular complexity index is 899. The lowest BCUT2D eigenvalue weighted by Gasteiger charge is -2.13. The Hall–Kier alpha value is -2.47. The highest BCUT2D eigenvalue weighted by molar-refractivity contribution is 7.17. The van der Waals surface area contributed by atoms with Gasteiger partial charge < -0.3 is 4.74 Å². The molecule has 0 N–H and O–H groups in total. The predicted molar refractivity (Wildman–Crippen MR) is 90.7 cm³/mol. The number of carbonyl (C=O) groups excluding carboxylic acids is 1. The maximum Gasteiger partial charge on any atom is 0.328 e. The second-order valence-electron chi connectivity index (χ2n) is 5.08. The van der Waals surface area contributed by atoms with E-state index in [0.717, 1.165) is 11.1 Å². The number of carbonyl (C=O) groups is 1. The number of nitrogens with zero attached hydrogens (tertiary/aromatic N) is 2. The predicted octanol–water partition coefficient (Wildman–Crippen LogP) is 3.25. The first-order valence-electron chi connectivity index (χ1n) is 7.34. The van der Waals surface area contributed by atoms with Crippen molar-refractivity contribution in [3.05, 3.63) is 52.4 Å². The molecule has 23 heavy (non-hydrogen) atoms. The summed E-state index contributed by atoms with van der Waals surface area (Å²) in [6.07, 6.45) is 1.41. The zero-order valence-corrected chi connectivity index (χ0v) is 13.7. The van der Waals surface area contributed by atoms with E-state index in [1.165, 1.54) is 22.2 Å². The molecule has 0 spiro atoms. The van der Waals surface area contributed by atoms with Crippen LogP contribution in [0, 0.1) is 0 Å². The van der Waals surface area contributed by atoms with Crippen LogP contribution in [0.3, 0.4) is 0 Å². The maximum atomic E-state index is 12.9. The summed E-state index contributed by atoms with van der Waals surface area (Å²) in [7, 11) is 0. The van der Waals surface area contributed by atoms with Gasteiger partial charge in [-0.3, -0.25) is 9.36 Å². The number of rotatable bonds is 4. The van der Waals surface area contributed by atoms with E-state index in [4.69, 9.17) is 4.74 Å². The van der Waals surface area contributed by atoms with Crippen molar-refractivity contribution in [2.24, 2.45) is 0 Å². The third-order valence-electron chi connectivity index (χ3n) is 3.65. The van der Waals surface area contributed by atoms with Crippen LogP contribution >= 0.6 is 11.3 Å². The van der Waals surface area contributed by atoms with Gasteiger partial charge in [0.25, 0.3) is 5.56 Å². The lowest BCUT2D eigenvalue weighted by molar-refractivity contribution is -0.146. The third-order valence-corrected chi connectivity index (χ3v) is 4.54. The van der Waals surface area contributed by atoms with Crippen LogP contribution in [0.25, 0.3) is 21.3 Å². The van der Waals surface area contributed by atoms with E-state index >= 15 is 0 Å². The molecule has 1 aromatic carbocycles. The van der Waals surface area contributed by atoms with Gasteiger partial charge in [-0.15, -0.1) is 11.3 Å². The van der Waals surface area contributed by atoms with Gasteiger partial charge in [-0.05, 0) is 19.4 Å². The Labute approximate surface area is 137 Å². The number of ether oxygens (including phenoxy) is 1. The van der Waals surface area contributed by atoms with Crippen LogP contribution in [0.2, 0.25) is 0 Å². The SMILES string of the molecule is CCOC(=O)[C@@H](C)n1cnc2scc(-c3ccccc3)c2c1=O. The normalized spacial score (nSPS) is 12.3. The summed E-state index contributed by atoms with van der Waals surface area (Å²) in [6.45, 7) is 3.66. The topological polar surface area (TPSA) is 61.2 Å². The molecule has 2 heterocycles. The highest BCUT2D eigenvalue weighted by atomic mass is 32.1. The fourth-order valence-electron chi connectivity index (χ4n) is 2.43. The molecule has 0 aliphatic heterocycles. The molecular formula is C17H16N2O3S. The Morgan fingerprint density at radius 3 is 2.78 bits per heavy atom. The summed E-state index contributed by atoms with van der Waals surface area (Å²) in [4.78, 5) is 29.8. The molecule has 118 valence electrons. The van der Waals surface area contributed by atoms with E-state index in [1.54, 1.807) is 13.8 Å². The molecule has 0 bridgehead atoms. The number of hydrogen-bond donors (Lipinski definition) is 0. The number of hydrogen-bond acceptors (Lipinski definition) is 5. The van der Waals surface area contributed by atoms with Crippen molar-refractivity contribution >= 4 is 27.5 Å². The van der Waals surface area contributed by atoms with Crippen molar-refractivity contribution in [1.29, 1.82) is 0 Å². The molecule has 0 radical (unpaired) electrons.